The second-order valence-electron chi connectivity index (χ2n) is 3.58. The molecule has 0 aliphatic rings. The van der Waals surface area contributed by atoms with Crippen molar-refractivity contribution in [3.05, 3.63) is 27.9 Å². The van der Waals surface area contributed by atoms with E-state index in [1.807, 2.05) is 6.92 Å². The Morgan fingerprint density at radius 3 is 2.88 bits per heavy atom. The maximum atomic E-state index is 10.8. The average molecular weight is 225 g/mol. The molecule has 1 aromatic heterocycles. The Morgan fingerprint density at radius 2 is 2.31 bits per heavy atom. The molecule has 1 N–H and O–H groups in total. The second-order valence-corrected chi connectivity index (χ2v) is 3.58. The monoisotopic (exact) mass is 225 g/mol. The minimum absolute atomic E-state index is 0.0199. The van der Waals surface area contributed by atoms with Gasteiger partial charge < -0.3 is 10.1 Å². The van der Waals surface area contributed by atoms with Crippen molar-refractivity contribution in [3.8, 4) is 0 Å². The molecule has 0 bridgehead atoms. The quantitative estimate of drug-likeness (QED) is 0.610. The van der Waals surface area contributed by atoms with Crippen molar-refractivity contribution >= 4 is 11.5 Å². The van der Waals surface area contributed by atoms with Gasteiger partial charge in [-0.05, 0) is 19.9 Å². The predicted octanol–water partition coefficient (Wildman–Crippen LogP) is 1.75. The van der Waals surface area contributed by atoms with Gasteiger partial charge in [0.2, 0.25) is 5.82 Å². The van der Waals surface area contributed by atoms with Gasteiger partial charge in [-0.25, -0.2) is 4.98 Å². The van der Waals surface area contributed by atoms with Gasteiger partial charge in [0.15, 0.2) is 0 Å². The van der Waals surface area contributed by atoms with Crippen LogP contribution < -0.4 is 5.32 Å². The van der Waals surface area contributed by atoms with Gasteiger partial charge >= 0.3 is 5.69 Å². The highest BCUT2D eigenvalue weighted by atomic mass is 16.6. The van der Waals surface area contributed by atoms with E-state index >= 15 is 0 Å². The third kappa shape index (κ3) is 3.16. The zero-order chi connectivity index (χ0) is 12.1. The van der Waals surface area contributed by atoms with Gasteiger partial charge in [-0.15, -0.1) is 0 Å². The van der Waals surface area contributed by atoms with Crippen LogP contribution in [-0.2, 0) is 4.74 Å². The highest BCUT2D eigenvalue weighted by molar-refractivity contribution is 5.56. The number of aromatic nitrogens is 1. The number of nitrogens with zero attached hydrogens (tertiary/aromatic N) is 2. The minimum Gasteiger partial charge on any atom is -0.383 e. The molecule has 88 valence electrons. The van der Waals surface area contributed by atoms with E-state index in [4.69, 9.17) is 4.74 Å². The topological polar surface area (TPSA) is 77.3 Å². The highest BCUT2D eigenvalue weighted by Crippen LogP contribution is 2.22. The summed E-state index contributed by atoms with van der Waals surface area (Å²) < 4.78 is 4.95. The van der Waals surface area contributed by atoms with Crippen LogP contribution in [0.4, 0.5) is 11.5 Å². The highest BCUT2D eigenvalue weighted by Gasteiger charge is 2.16. The Hall–Kier alpha value is -1.69. The average Bonchev–Trinajstić information content (AvgIpc) is 2.17. The first-order chi connectivity index (χ1) is 7.54. The van der Waals surface area contributed by atoms with E-state index in [2.05, 4.69) is 10.3 Å². The van der Waals surface area contributed by atoms with Crippen molar-refractivity contribution in [2.24, 2.45) is 0 Å². The first-order valence-corrected chi connectivity index (χ1v) is 4.92. The number of pyridine rings is 1. The molecule has 0 spiro atoms. The normalized spacial score (nSPS) is 12.2. The van der Waals surface area contributed by atoms with Gasteiger partial charge in [0.25, 0.3) is 0 Å². The molecular formula is C10H15N3O3. The summed E-state index contributed by atoms with van der Waals surface area (Å²) >= 11 is 0. The molecular weight excluding hydrogens is 210 g/mol. The number of rotatable bonds is 5. The van der Waals surface area contributed by atoms with E-state index in [0.717, 1.165) is 5.69 Å². The molecule has 0 aliphatic heterocycles. The fraction of sp³-hybridized carbons (Fsp3) is 0.500. The Kier molecular flexibility index (Phi) is 4.19. The van der Waals surface area contributed by atoms with Crippen molar-refractivity contribution in [1.82, 2.24) is 4.98 Å². The van der Waals surface area contributed by atoms with Gasteiger partial charge in [0.1, 0.15) is 0 Å². The number of aryl methyl sites for hydroxylation is 1. The molecule has 1 unspecified atom stereocenters. The van der Waals surface area contributed by atoms with Gasteiger partial charge in [0.05, 0.1) is 11.5 Å². The molecule has 1 aromatic rings. The van der Waals surface area contributed by atoms with E-state index < -0.39 is 4.92 Å². The Morgan fingerprint density at radius 1 is 1.62 bits per heavy atom. The van der Waals surface area contributed by atoms with Crippen LogP contribution in [0.25, 0.3) is 0 Å². The molecule has 6 nitrogen and oxygen atoms in total. The van der Waals surface area contributed by atoms with E-state index in [0.29, 0.717) is 6.61 Å². The smallest absolute Gasteiger partial charge is 0.311 e. The molecule has 16 heavy (non-hydrogen) atoms. The van der Waals surface area contributed by atoms with Crippen LogP contribution in [0.2, 0.25) is 0 Å². The summed E-state index contributed by atoms with van der Waals surface area (Å²) in [5.41, 5.74) is 0.714. The molecule has 1 rings (SSSR count). The molecule has 0 fully saturated rings. The Bertz CT molecular complexity index is 382. The number of methoxy groups -OCH3 is 1. The third-order valence-corrected chi connectivity index (χ3v) is 2.01. The SMILES string of the molecule is COCC(C)Nc1nc(C)ccc1[N+](=O)[O-]. The molecule has 0 aliphatic carbocycles. The lowest BCUT2D eigenvalue weighted by Crippen LogP contribution is -2.22. The molecule has 0 amide bonds. The van der Waals surface area contributed by atoms with Crippen LogP contribution in [0.5, 0.6) is 0 Å². The number of hydrogen-bond acceptors (Lipinski definition) is 5. The summed E-state index contributed by atoms with van der Waals surface area (Å²) in [6.45, 7) is 4.12. The summed E-state index contributed by atoms with van der Waals surface area (Å²) in [5.74, 6) is 0.287. The number of ether oxygens (including phenoxy) is 1. The fourth-order valence-corrected chi connectivity index (χ4v) is 1.33. The standard InChI is InChI=1S/C10H15N3O3/c1-7-4-5-9(13(14)15)10(11-7)12-8(2)6-16-3/h4-5,8H,6H2,1-3H3,(H,11,12). The van der Waals surface area contributed by atoms with Crippen LogP contribution in [0, 0.1) is 17.0 Å². The van der Waals surface area contributed by atoms with E-state index in [9.17, 15) is 10.1 Å². The van der Waals surface area contributed by atoms with E-state index in [1.54, 1.807) is 20.1 Å². The summed E-state index contributed by atoms with van der Waals surface area (Å²) in [6.07, 6.45) is 0. The minimum atomic E-state index is -0.450. The van der Waals surface area contributed by atoms with Crippen molar-refractivity contribution < 1.29 is 9.66 Å². The van der Waals surface area contributed by atoms with Crippen LogP contribution in [0.15, 0.2) is 12.1 Å². The molecule has 0 saturated heterocycles. The van der Waals surface area contributed by atoms with Gasteiger partial charge in [-0.2, -0.15) is 0 Å². The fourth-order valence-electron chi connectivity index (χ4n) is 1.33. The van der Waals surface area contributed by atoms with E-state index in [1.165, 1.54) is 6.07 Å². The lowest BCUT2D eigenvalue weighted by molar-refractivity contribution is -0.384. The summed E-state index contributed by atoms with van der Waals surface area (Å²) in [7, 11) is 1.58. The number of anilines is 1. The second kappa shape index (κ2) is 5.41. The number of nitrogens with one attached hydrogen (secondary N) is 1. The van der Waals surface area contributed by atoms with Gasteiger partial charge in [-0.3, -0.25) is 10.1 Å². The van der Waals surface area contributed by atoms with Crippen LogP contribution in [0.3, 0.4) is 0 Å². The van der Waals surface area contributed by atoms with Crippen molar-refractivity contribution in [2.45, 2.75) is 19.9 Å². The maximum absolute atomic E-state index is 10.8. The molecule has 0 radical (unpaired) electrons. The molecule has 0 saturated carbocycles. The molecule has 6 heteroatoms. The van der Waals surface area contributed by atoms with Gasteiger partial charge in [0, 0.05) is 24.9 Å². The van der Waals surface area contributed by atoms with Crippen molar-refractivity contribution in [3.63, 3.8) is 0 Å². The van der Waals surface area contributed by atoms with Crippen LogP contribution >= 0.6 is 0 Å². The van der Waals surface area contributed by atoms with Crippen molar-refractivity contribution in [2.75, 3.05) is 19.0 Å². The third-order valence-electron chi connectivity index (χ3n) is 2.01. The van der Waals surface area contributed by atoms with Crippen LogP contribution in [0.1, 0.15) is 12.6 Å². The first-order valence-electron chi connectivity index (χ1n) is 4.92. The zero-order valence-electron chi connectivity index (χ0n) is 9.56. The molecule has 1 heterocycles. The summed E-state index contributed by atoms with van der Waals surface area (Å²) in [6, 6.07) is 3.03. The first kappa shape index (κ1) is 12.4. The number of nitro groups is 1. The van der Waals surface area contributed by atoms with E-state index in [-0.39, 0.29) is 17.5 Å². The molecule has 0 aromatic carbocycles. The Labute approximate surface area is 93.8 Å². The number of hydrogen-bond donors (Lipinski definition) is 1. The zero-order valence-corrected chi connectivity index (χ0v) is 9.56. The summed E-state index contributed by atoms with van der Waals surface area (Å²) in [5, 5.41) is 13.7. The summed E-state index contributed by atoms with van der Waals surface area (Å²) in [4.78, 5) is 14.4. The van der Waals surface area contributed by atoms with Gasteiger partial charge in [-0.1, -0.05) is 0 Å². The lowest BCUT2D eigenvalue weighted by atomic mass is 10.3. The molecule has 1 atom stereocenters. The maximum Gasteiger partial charge on any atom is 0.311 e. The Balaban J connectivity index is 2.92. The largest absolute Gasteiger partial charge is 0.383 e. The van der Waals surface area contributed by atoms with Crippen LogP contribution in [-0.4, -0.2) is 29.7 Å². The lowest BCUT2D eigenvalue weighted by Gasteiger charge is -2.13. The predicted molar refractivity (Wildman–Crippen MR) is 60.6 cm³/mol. The van der Waals surface area contributed by atoms with Crippen molar-refractivity contribution in [1.29, 1.82) is 0 Å².